The predicted octanol–water partition coefficient (Wildman–Crippen LogP) is 1.98. The molecule has 3 rings (SSSR count). The summed E-state index contributed by atoms with van der Waals surface area (Å²) in [6.07, 6.45) is 2.71. The molecule has 0 spiro atoms. The van der Waals surface area contributed by atoms with E-state index < -0.39 is 5.97 Å². The Morgan fingerprint density at radius 1 is 1.17 bits per heavy atom. The van der Waals surface area contributed by atoms with Gasteiger partial charge in [0.1, 0.15) is 5.52 Å². The third-order valence-corrected chi connectivity index (χ3v) is 2.40. The molecular formula is C12H7N3O3. The summed E-state index contributed by atoms with van der Waals surface area (Å²) in [6.45, 7) is 0. The molecule has 6 nitrogen and oxygen atoms in total. The zero-order valence-electron chi connectivity index (χ0n) is 9.07. The van der Waals surface area contributed by atoms with E-state index in [9.17, 15) is 4.79 Å². The number of carboxylic acids is 1. The highest BCUT2D eigenvalue weighted by atomic mass is 16.4. The monoisotopic (exact) mass is 241 g/mol. The quantitative estimate of drug-likeness (QED) is 0.737. The van der Waals surface area contributed by atoms with Crippen LogP contribution in [0.5, 0.6) is 0 Å². The number of oxazole rings is 1. The molecule has 6 heteroatoms. The maximum atomic E-state index is 11.0. The van der Waals surface area contributed by atoms with Crippen LogP contribution in [0.1, 0.15) is 10.5 Å². The lowest BCUT2D eigenvalue weighted by atomic mass is 10.3. The Morgan fingerprint density at radius 2 is 1.94 bits per heavy atom. The van der Waals surface area contributed by atoms with Crippen molar-refractivity contribution in [3.8, 4) is 11.6 Å². The average Bonchev–Trinajstić information content (AvgIpc) is 2.82. The number of fused-ring (bicyclic) bond motifs is 1. The summed E-state index contributed by atoms with van der Waals surface area (Å²) < 4.78 is 5.47. The Kier molecular flexibility index (Phi) is 2.26. The van der Waals surface area contributed by atoms with Crippen molar-refractivity contribution in [2.75, 3.05) is 0 Å². The van der Waals surface area contributed by atoms with E-state index in [1.54, 1.807) is 12.1 Å². The minimum absolute atomic E-state index is 0.126. The summed E-state index contributed by atoms with van der Waals surface area (Å²) in [5.74, 6) is -1.01. The number of carbonyl (C=O) groups is 1. The van der Waals surface area contributed by atoms with E-state index in [0.29, 0.717) is 11.1 Å². The molecule has 0 saturated carbocycles. The Hall–Kier alpha value is -2.76. The van der Waals surface area contributed by atoms with Crippen LogP contribution >= 0.6 is 0 Å². The van der Waals surface area contributed by atoms with Crippen LogP contribution in [0.2, 0.25) is 0 Å². The molecule has 3 aromatic rings. The number of aromatic carboxylic acids is 1. The van der Waals surface area contributed by atoms with Crippen molar-refractivity contribution >= 4 is 17.1 Å². The smallest absolute Gasteiger partial charge is 0.356 e. The van der Waals surface area contributed by atoms with Gasteiger partial charge >= 0.3 is 5.97 Å². The molecule has 0 amide bonds. The van der Waals surface area contributed by atoms with Crippen molar-refractivity contribution in [1.29, 1.82) is 0 Å². The summed E-state index contributed by atoms with van der Waals surface area (Å²) >= 11 is 0. The first-order chi connectivity index (χ1) is 8.75. The Morgan fingerprint density at radius 3 is 2.72 bits per heavy atom. The standard InChI is InChI=1S/C12H7N3O3/c16-12(17)10-9(13-5-6-14-10)11-15-7-3-1-2-4-8(7)18-11/h1-6H,(H,16,17). The Labute approximate surface area is 101 Å². The topological polar surface area (TPSA) is 89.1 Å². The Balaban J connectivity index is 2.23. The summed E-state index contributed by atoms with van der Waals surface area (Å²) in [6, 6.07) is 7.16. The van der Waals surface area contributed by atoms with Gasteiger partial charge in [0, 0.05) is 12.4 Å². The number of hydrogen-bond donors (Lipinski definition) is 1. The van der Waals surface area contributed by atoms with Crippen molar-refractivity contribution in [3.05, 3.63) is 42.4 Å². The number of hydrogen-bond acceptors (Lipinski definition) is 5. The highest BCUT2D eigenvalue weighted by Crippen LogP contribution is 2.23. The summed E-state index contributed by atoms with van der Waals surface area (Å²) in [5.41, 5.74) is 1.18. The van der Waals surface area contributed by atoms with E-state index in [2.05, 4.69) is 15.0 Å². The molecule has 0 saturated heterocycles. The van der Waals surface area contributed by atoms with Crippen LogP contribution in [0.3, 0.4) is 0 Å². The lowest BCUT2D eigenvalue weighted by Gasteiger charge is -1.97. The van der Waals surface area contributed by atoms with Crippen LogP contribution in [0, 0.1) is 0 Å². The van der Waals surface area contributed by atoms with Gasteiger partial charge in [-0.25, -0.2) is 19.7 Å². The van der Waals surface area contributed by atoms with Crippen LogP contribution in [0.15, 0.2) is 41.1 Å². The van der Waals surface area contributed by atoms with Crippen molar-refractivity contribution in [2.45, 2.75) is 0 Å². The molecular weight excluding hydrogens is 234 g/mol. The van der Waals surface area contributed by atoms with Crippen LogP contribution in [-0.4, -0.2) is 26.0 Å². The van der Waals surface area contributed by atoms with Crippen LogP contribution in [-0.2, 0) is 0 Å². The number of aromatic nitrogens is 3. The third-order valence-electron chi connectivity index (χ3n) is 2.40. The molecule has 0 aliphatic carbocycles. The molecule has 2 aromatic heterocycles. The fourth-order valence-electron chi connectivity index (χ4n) is 1.62. The second-order valence-electron chi connectivity index (χ2n) is 3.55. The lowest BCUT2D eigenvalue weighted by Crippen LogP contribution is -2.04. The van der Waals surface area contributed by atoms with Crippen molar-refractivity contribution in [1.82, 2.24) is 15.0 Å². The second kappa shape index (κ2) is 3.92. The van der Waals surface area contributed by atoms with E-state index in [4.69, 9.17) is 9.52 Å². The van der Waals surface area contributed by atoms with Crippen molar-refractivity contribution < 1.29 is 14.3 Å². The van der Waals surface area contributed by atoms with Crippen molar-refractivity contribution in [2.24, 2.45) is 0 Å². The molecule has 1 aromatic carbocycles. The fraction of sp³-hybridized carbons (Fsp3) is 0. The molecule has 0 bridgehead atoms. The van der Waals surface area contributed by atoms with Gasteiger partial charge in [0.2, 0.25) is 5.89 Å². The normalized spacial score (nSPS) is 10.7. The van der Waals surface area contributed by atoms with Gasteiger partial charge in [0.25, 0.3) is 0 Å². The van der Waals surface area contributed by atoms with Gasteiger partial charge in [-0.1, -0.05) is 12.1 Å². The first-order valence-corrected chi connectivity index (χ1v) is 5.16. The number of para-hydroxylation sites is 2. The van der Waals surface area contributed by atoms with Gasteiger partial charge < -0.3 is 9.52 Å². The van der Waals surface area contributed by atoms with E-state index >= 15 is 0 Å². The highest BCUT2D eigenvalue weighted by Gasteiger charge is 2.19. The van der Waals surface area contributed by atoms with Crippen LogP contribution in [0.25, 0.3) is 22.7 Å². The van der Waals surface area contributed by atoms with E-state index in [0.717, 1.165) is 0 Å². The van der Waals surface area contributed by atoms with Gasteiger partial charge in [-0.3, -0.25) is 0 Å². The van der Waals surface area contributed by atoms with Gasteiger partial charge in [-0.05, 0) is 12.1 Å². The van der Waals surface area contributed by atoms with Crippen LogP contribution < -0.4 is 0 Å². The number of benzene rings is 1. The zero-order chi connectivity index (χ0) is 12.5. The Bertz CT molecular complexity index is 703. The lowest BCUT2D eigenvalue weighted by molar-refractivity contribution is 0.0690. The van der Waals surface area contributed by atoms with Gasteiger partial charge in [-0.15, -0.1) is 0 Å². The number of carboxylic acid groups (broad SMARTS) is 1. The van der Waals surface area contributed by atoms with Gasteiger partial charge in [-0.2, -0.15) is 0 Å². The molecule has 18 heavy (non-hydrogen) atoms. The first-order valence-electron chi connectivity index (χ1n) is 5.16. The first kappa shape index (κ1) is 10.4. The maximum absolute atomic E-state index is 11.0. The molecule has 1 N–H and O–H groups in total. The fourth-order valence-corrected chi connectivity index (χ4v) is 1.62. The largest absolute Gasteiger partial charge is 0.476 e. The molecule has 2 heterocycles. The van der Waals surface area contributed by atoms with E-state index in [1.807, 2.05) is 12.1 Å². The van der Waals surface area contributed by atoms with E-state index in [1.165, 1.54) is 12.4 Å². The second-order valence-corrected chi connectivity index (χ2v) is 3.55. The minimum Gasteiger partial charge on any atom is -0.476 e. The zero-order valence-corrected chi connectivity index (χ0v) is 9.07. The average molecular weight is 241 g/mol. The molecule has 0 radical (unpaired) electrons. The molecule has 88 valence electrons. The van der Waals surface area contributed by atoms with Crippen LogP contribution in [0.4, 0.5) is 0 Å². The number of rotatable bonds is 2. The molecule has 0 fully saturated rings. The molecule has 0 aliphatic heterocycles. The minimum atomic E-state index is -1.17. The summed E-state index contributed by atoms with van der Waals surface area (Å²) in [5, 5.41) is 9.03. The van der Waals surface area contributed by atoms with Gasteiger partial charge in [0.15, 0.2) is 17.0 Å². The number of nitrogens with zero attached hydrogens (tertiary/aromatic N) is 3. The molecule has 0 aliphatic rings. The third kappa shape index (κ3) is 1.60. The molecule has 0 unspecified atom stereocenters. The SMILES string of the molecule is O=C(O)c1nccnc1-c1nc2ccccc2o1. The maximum Gasteiger partial charge on any atom is 0.356 e. The summed E-state index contributed by atoms with van der Waals surface area (Å²) in [4.78, 5) is 23.0. The summed E-state index contributed by atoms with van der Waals surface area (Å²) in [7, 11) is 0. The highest BCUT2D eigenvalue weighted by molar-refractivity contribution is 5.91. The predicted molar refractivity (Wildman–Crippen MR) is 62.0 cm³/mol. The molecule has 0 atom stereocenters. The van der Waals surface area contributed by atoms with E-state index in [-0.39, 0.29) is 17.3 Å². The van der Waals surface area contributed by atoms with Gasteiger partial charge in [0.05, 0.1) is 0 Å². The van der Waals surface area contributed by atoms with Crippen molar-refractivity contribution in [3.63, 3.8) is 0 Å².